The number of hydrogen-bond donors (Lipinski definition) is 2. The monoisotopic (exact) mass is 314 g/mol. The Bertz CT molecular complexity index is 741. The van der Waals surface area contributed by atoms with Gasteiger partial charge in [0.1, 0.15) is 5.75 Å². The van der Waals surface area contributed by atoms with E-state index in [0.717, 1.165) is 5.56 Å². The molecule has 0 fully saturated rings. The van der Waals surface area contributed by atoms with Crippen molar-refractivity contribution in [1.82, 2.24) is 5.32 Å². The lowest BCUT2D eigenvalue weighted by molar-refractivity contribution is -0.385. The van der Waals surface area contributed by atoms with Gasteiger partial charge in [0.25, 0.3) is 11.6 Å². The number of nitrogens with zero attached hydrogens (tertiary/aromatic N) is 1. The second-order valence-electron chi connectivity index (χ2n) is 5.50. The predicted octanol–water partition coefficient (Wildman–Crippen LogP) is 3.35. The molecule has 0 heterocycles. The first-order chi connectivity index (χ1) is 10.9. The number of phenols is 1. The second-order valence-corrected chi connectivity index (χ2v) is 5.50. The third-order valence-corrected chi connectivity index (χ3v) is 3.56. The first kappa shape index (κ1) is 16.5. The zero-order chi connectivity index (χ0) is 17.0. The number of benzene rings is 2. The van der Waals surface area contributed by atoms with Crippen LogP contribution in [0.2, 0.25) is 0 Å². The van der Waals surface area contributed by atoms with Gasteiger partial charge in [-0.25, -0.2) is 0 Å². The van der Waals surface area contributed by atoms with E-state index in [2.05, 4.69) is 5.32 Å². The van der Waals surface area contributed by atoms with Gasteiger partial charge in [-0.1, -0.05) is 38.1 Å². The van der Waals surface area contributed by atoms with Gasteiger partial charge in [0.15, 0.2) is 0 Å². The number of carbonyl (C=O) groups excluding carboxylic acids is 1. The Morgan fingerprint density at radius 3 is 2.61 bits per heavy atom. The van der Waals surface area contributed by atoms with Gasteiger partial charge in [-0.05, 0) is 23.6 Å². The number of para-hydroxylation sites is 1. The van der Waals surface area contributed by atoms with Gasteiger partial charge >= 0.3 is 0 Å². The fraction of sp³-hybridized carbons (Fsp3) is 0.235. The van der Waals surface area contributed by atoms with Gasteiger partial charge in [-0.15, -0.1) is 0 Å². The molecule has 0 aliphatic carbocycles. The molecule has 2 aromatic carbocycles. The van der Waals surface area contributed by atoms with Crippen LogP contribution in [0.1, 0.15) is 41.3 Å². The molecule has 0 spiro atoms. The minimum atomic E-state index is -0.488. The van der Waals surface area contributed by atoms with Gasteiger partial charge in [-0.3, -0.25) is 14.9 Å². The standard InChI is InChI=1S/C17H18N2O4/c1-11(2)12-7-8-16(20)14(9-12)17(21)18-10-13-5-3-4-6-15(13)19(22)23/h3-9,11,20H,10H2,1-2H3,(H,18,21). The predicted molar refractivity (Wildman–Crippen MR) is 86.5 cm³/mol. The quantitative estimate of drug-likeness (QED) is 0.654. The zero-order valence-electron chi connectivity index (χ0n) is 12.9. The zero-order valence-corrected chi connectivity index (χ0v) is 12.9. The van der Waals surface area contributed by atoms with E-state index < -0.39 is 10.8 Å². The summed E-state index contributed by atoms with van der Waals surface area (Å²) in [5.41, 5.74) is 1.45. The number of nitrogens with one attached hydrogen (secondary N) is 1. The van der Waals surface area contributed by atoms with E-state index in [9.17, 15) is 20.0 Å². The lowest BCUT2D eigenvalue weighted by Crippen LogP contribution is -2.23. The highest BCUT2D eigenvalue weighted by atomic mass is 16.6. The molecule has 0 aromatic heterocycles. The smallest absolute Gasteiger partial charge is 0.274 e. The molecule has 2 N–H and O–H groups in total. The highest BCUT2D eigenvalue weighted by Gasteiger charge is 2.16. The van der Waals surface area contributed by atoms with Gasteiger partial charge in [0, 0.05) is 18.2 Å². The number of nitro benzene ring substituents is 1. The van der Waals surface area contributed by atoms with Crippen molar-refractivity contribution in [2.75, 3.05) is 0 Å². The Morgan fingerprint density at radius 2 is 1.96 bits per heavy atom. The third-order valence-electron chi connectivity index (χ3n) is 3.56. The largest absolute Gasteiger partial charge is 0.507 e. The summed E-state index contributed by atoms with van der Waals surface area (Å²) in [4.78, 5) is 22.7. The number of nitro groups is 1. The molecule has 0 atom stereocenters. The van der Waals surface area contributed by atoms with E-state index in [1.165, 1.54) is 12.1 Å². The molecular weight excluding hydrogens is 296 g/mol. The lowest BCUT2D eigenvalue weighted by atomic mass is 10.00. The summed E-state index contributed by atoms with van der Waals surface area (Å²) in [6.07, 6.45) is 0. The summed E-state index contributed by atoms with van der Waals surface area (Å²) in [7, 11) is 0. The summed E-state index contributed by atoms with van der Waals surface area (Å²) < 4.78 is 0. The minimum absolute atomic E-state index is 0.0152. The molecule has 0 aliphatic heterocycles. The van der Waals surface area contributed by atoms with Crippen molar-refractivity contribution in [2.24, 2.45) is 0 Å². The van der Waals surface area contributed by atoms with Crippen LogP contribution in [0.4, 0.5) is 5.69 Å². The summed E-state index contributed by atoms with van der Waals surface area (Å²) in [6.45, 7) is 3.99. The van der Waals surface area contributed by atoms with Crippen LogP contribution in [0.25, 0.3) is 0 Å². The molecule has 0 unspecified atom stereocenters. The minimum Gasteiger partial charge on any atom is -0.507 e. The average Bonchev–Trinajstić information content (AvgIpc) is 2.53. The number of aromatic hydroxyl groups is 1. The molecule has 0 aliphatic rings. The van der Waals surface area contributed by atoms with E-state index in [1.807, 2.05) is 13.8 Å². The number of amides is 1. The maximum absolute atomic E-state index is 12.3. The van der Waals surface area contributed by atoms with Crippen LogP contribution in [0, 0.1) is 10.1 Å². The Morgan fingerprint density at radius 1 is 1.26 bits per heavy atom. The summed E-state index contributed by atoms with van der Waals surface area (Å²) in [6, 6.07) is 11.1. The molecule has 23 heavy (non-hydrogen) atoms. The van der Waals surface area contributed by atoms with E-state index in [-0.39, 0.29) is 29.5 Å². The highest BCUT2D eigenvalue weighted by Crippen LogP contribution is 2.23. The molecule has 0 saturated heterocycles. The van der Waals surface area contributed by atoms with Gasteiger partial charge in [-0.2, -0.15) is 0 Å². The van der Waals surface area contributed by atoms with Crippen molar-refractivity contribution in [3.05, 3.63) is 69.3 Å². The normalized spacial score (nSPS) is 10.6. The van der Waals surface area contributed by atoms with Crippen LogP contribution in [0.15, 0.2) is 42.5 Å². The number of hydrogen-bond acceptors (Lipinski definition) is 4. The first-order valence-electron chi connectivity index (χ1n) is 7.23. The molecule has 120 valence electrons. The van der Waals surface area contributed by atoms with E-state index in [1.54, 1.807) is 30.3 Å². The first-order valence-corrected chi connectivity index (χ1v) is 7.23. The van der Waals surface area contributed by atoms with Crippen LogP contribution in [-0.2, 0) is 6.54 Å². The van der Waals surface area contributed by atoms with Crippen LogP contribution in [-0.4, -0.2) is 15.9 Å². The SMILES string of the molecule is CC(C)c1ccc(O)c(C(=O)NCc2ccccc2[N+](=O)[O-])c1. The average molecular weight is 314 g/mol. The fourth-order valence-electron chi connectivity index (χ4n) is 2.20. The third kappa shape index (κ3) is 3.85. The topological polar surface area (TPSA) is 92.5 Å². The molecular formula is C17H18N2O4. The Hall–Kier alpha value is -2.89. The van der Waals surface area contributed by atoms with Crippen molar-refractivity contribution in [3.63, 3.8) is 0 Å². The second kappa shape index (κ2) is 6.91. The van der Waals surface area contributed by atoms with Crippen molar-refractivity contribution >= 4 is 11.6 Å². The van der Waals surface area contributed by atoms with E-state index in [4.69, 9.17) is 0 Å². The van der Waals surface area contributed by atoms with Crippen LogP contribution < -0.4 is 5.32 Å². The Labute approximate surface area is 133 Å². The Kier molecular flexibility index (Phi) is 4.95. The van der Waals surface area contributed by atoms with Crippen molar-refractivity contribution in [2.45, 2.75) is 26.3 Å². The molecule has 1 amide bonds. The molecule has 2 aromatic rings. The van der Waals surface area contributed by atoms with Crippen molar-refractivity contribution in [1.29, 1.82) is 0 Å². The maximum atomic E-state index is 12.3. The summed E-state index contributed by atoms with van der Waals surface area (Å²) in [5.74, 6) is -0.366. The molecule has 0 saturated carbocycles. The maximum Gasteiger partial charge on any atom is 0.274 e. The number of phenolic OH excluding ortho intramolecular Hbond substituents is 1. The molecule has 2 rings (SSSR count). The molecule has 0 radical (unpaired) electrons. The van der Waals surface area contributed by atoms with Gasteiger partial charge in [0.05, 0.1) is 10.5 Å². The summed E-state index contributed by atoms with van der Waals surface area (Å²) >= 11 is 0. The summed E-state index contributed by atoms with van der Waals surface area (Å²) in [5, 5.41) is 23.4. The lowest BCUT2D eigenvalue weighted by Gasteiger charge is -2.11. The van der Waals surface area contributed by atoms with Gasteiger partial charge < -0.3 is 10.4 Å². The van der Waals surface area contributed by atoms with E-state index in [0.29, 0.717) is 5.56 Å². The van der Waals surface area contributed by atoms with Crippen LogP contribution in [0.5, 0.6) is 5.75 Å². The Balaban J connectivity index is 2.18. The fourth-order valence-corrected chi connectivity index (χ4v) is 2.20. The highest BCUT2D eigenvalue weighted by molar-refractivity contribution is 5.97. The van der Waals surface area contributed by atoms with Gasteiger partial charge in [0.2, 0.25) is 0 Å². The van der Waals surface area contributed by atoms with Crippen LogP contribution in [0.3, 0.4) is 0 Å². The molecule has 0 bridgehead atoms. The molecule has 6 nitrogen and oxygen atoms in total. The number of rotatable bonds is 5. The van der Waals surface area contributed by atoms with Crippen molar-refractivity contribution in [3.8, 4) is 5.75 Å². The molecule has 6 heteroatoms. The van der Waals surface area contributed by atoms with Crippen molar-refractivity contribution < 1.29 is 14.8 Å². The van der Waals surface area contributed by atoms with Crippen LogP contribution >= 0.6 is 0 Å². The van der Waals surface area contributed by atoms with E-state index >= 15 is 0 Å². The number of carbonyl (C=O) groups is 1.